The standard InChI is InChI=1S/C18H24N4O.HI/c1-19-18(22(3)13-15-8-6-10-21(15)2)20-12-16-11-14-7-4-5-9-17(14)23-16;/h4-10,16H,11-13H2,1-3H3,(H,19,20);1H. The first-order valence-electron chi connectivity index (χ1n) is 7.94. The van der Waals surface area contributed by atoms with Gasteiger partial charge in [-0.3, -0.25) is 4.99 Å². The number of aromatic nitrogens is 1. The number of para-hydroxylation sites is 1. The molecule has 3 rings (SSSR count). The number of halogens is 1. The van der Waals surface area contributed by atoms with Crippen LogP contribution in [0.4, 0.5) is 0 Å². The summed E-state index contributed by atoms with van der Waals surface area (Å²) < 4.78 is 8.09. The summed E-state index contributed by atoms with van der Waals surface area (Å²) in [5.41, 5.74) is 2.53. The van der Waals surface area contributed by atoms with Crippen molar-refractivity contribution in [1.29, 1.82) is 0 Å². The second-order valence-corrected chi connectivity index (χ2v) is 5.95. The summed E-state index contributed by atoms with van der Waals surface area (Å²) in [7, 11) is 5.92. The summed E-state index contributed by atoms with van der Waals surface area (Å²) in [6, 6.07) is 12.4. The van der Waals surface area contributed by atoms with Crippen molar-refractivity contribution in [2.24, 2.45) is 12.0 Å². The Balaban J connectivity index is 0.00000208. The zero-order valence-corrected chi connectivity index (χ0v) is 16.7. The van der Waals surface area contributed by atoms with Crippen LogP contribution in [-0.4, -0.2) is 42.2 Å². The lowest BCUT2D eigenvalue weighted by molar-refractivity contribution is 0.233. The predicted octanol–water partition coefficient (Wildman–Crippen LogP) is 2.65. The molecule has 0 saturated heterocycles. The second kappa shape index (κ2) is 8.41. The molecule has 0 bridgehead atoms. The van der Waals surface area contributed by atoms with Crippen LogP contribution in [0.3, 0.4) is 0 Å². The molecule has 24 heavy (non-hydrogen) atoms. The third kappa shape index (κ3) is 4.23. The molecule has 0 spiro atoms. The Morgan fingerprint density at radius 3 is 2.79 bits per heavy atom. The minimum atomic E-state index is 0. The van der Waals surface area contributed by atoms with Crippen molar-refractivity contribution in [3.05, 3.63) is 53.9 Å². The molecule has 0 fully saturated rings. The van der Waals surface area contributed by atoms with E-state index in [1.165, 1.54) is 11.3 Å². The zero-order valence-electron chi connectivity index (χ0n) is 14.4. The Hall–Kier alpha value is -1.70. The highest BCUT2D eigenvalue weighted by molar-refractivity contribution is 14.0. The fraction of sp³-hybridized carbons (Fsp3) is 0.389. The van der Waals surface area contributed by atoms with E-state index in [0.717, 1.165) is 31.2 Å². The Bertz CT molecular complexity index is 673. The lowest BCUT2D eigenvalue weighted by atomic mass is 10.1. The molecule has 0 aliphatic carbocycles. The Kier molecular flexibility index (Phi) is 6.53. The molecular weight excluding hydrogens is 415 g/mol. The first kappa shape index (κ1) is 18.6. The SMILES string of the molecule is CN=C(NCC1Cc2ccccc2O1)N(C)Cc1cccn1C.I. The van der Waals surface area contributed by atoms with Gasteiger partial charge in [-0.25, -0.2) is 0 Å². The topological polar surface area (TPSA) is 41.8 Å². The summed E-state index contributed by atoms with van der Waals surface area (Å²) in [5.74, 6) is 1.89. The fourth-order valence-corrected chi connectivity index (χ4v) is 2.94. The van der Waals surface area contributed by atoms with Gasteiger partial charge >= 0.3 is 0 Å². The number of nitrogens with zero attached hydrogens (tertiary/aromatic N) is 3. The van der Waals surface area contributed by atoms with Gasteiger partial charge in [0.15, 0.2) is 5.96 Å². The van der Waals surface area contributed by atoms with Crippen LogP contribution >= 0.6 is 24.0 Å². The minimum absolute atomic E-state index is 0. The third-order valence-electron chi connectivity index (χ3n) is 4.23. The van der Waals surface area contributed by atoms with E-state index in [0.29, 0.717) is 0 Å². The van der Waals surface area contributed by atoms with E-state index < -0.39 is 0 Å². The highest BCUT2D eigenvalue weighted by atomic mass is 127. The summed E-state index contributed by atoms with van der Waals surface area (Å²) in [6.45, 7) is 1.56. The molecule has 6 heteroatoms. The van der Waals surface area contributed by atoms with Crippen molar-refractivity contribution < 1.29 is 4.74 Å². The van der Waals surface area contributed by atoms with Gasteiger partial charge in [0.1, 0.15) is 11.9 Å². The molecule has 1 atom stereocenters. The van der Waals surface area contributed by atoms with Gasteiger partial charge in [0, 0.05) is 39.5 Å². The molecule has 1 aromatic carbocycles. The Morgan fingerprint density at radius 2 is 2.12 bits per heavy atom. The maximum Gasteiger partial charge on any atom is 0.193 e. The number of aliphatic imine (C=N–C) groups is 1. The number of fused-ring (bicyclic) bond motifs is 1. The van der Waals surface area contributed by atoms with E-state index in [1.807, 2.05) is 26.2 Å². The van der Waals surface area contributed by atoms with Gasteiger partial charge in [-0.15, -0.1) is 24.0 Å². The van der Waals surface area contributed by atoms with Gasteiger partial charge in [0.25, 0.3) is 0 Å². The number of ether oxygens (including phenoxy) is 1. The summed E-state index contributed by atoms with van der Waals surface area (Å²) >= 11 is 0. The molecule has 2 aromatic rings. The number of nitrogens with one attached hydrogen (secondary N) is 1. The monoisotopic (exact) mass is 440 g/mol. The van der Waals surface area contributed by atoms with E-state index in [9.17, 15) is 0 Å². The highest BCUT2D eigenvalue weighted by Crippen LogP contribution is 2.27. The van der Waals surface area contributed by atoms with Crippen LogP contribution in [0.25, 0.3) is 0 Å². The quantitative estimate of drug-likeness (QED) is 0.452. The fourth-order valence-electron chi connectivity index (χ4n) is 2.94. The highest BCUT2D eigenvalue weighted by Gasteiger charge is 2.22. The van der Waals surface area contributed by atoms with E-state index in [2.05, 4.69) is 57.3 Å². The second-order valence-electron chi connectivity index (χ2n) is 5.95. The molecular formula is C18H25IN4O. The van der Waals surface area contributed by atoms with Crippen molar-refractivity contribution in [3.8, 4) is 5.75 Å². The molecule has 5 nitrogen and oxygen atoms in total. The van der Waals surface area contributed by atoms with Crippen LogP contribution in [0.1, 0.15) is 11.3 Å². The number of guanidine groups is 1. The van der Waals surface area contributed by atoms with Crippen molar-refractivity contribution in [2.75, 3.05) is 20.6 Å². The van der Waals surface area contributed by atoms with E-state index in [1.54, 1.807) is 0 Å². The average Bonchev–Trinajstić information content (AvgIpc) is 3.14. The Labute approximate surface area is 160 Å². The largest absolute Gasteiger partial charge is 0.488 e. The molecule has 0 radical (unpaired) electrons. The van der Waals surface area contributed by atoms with Gasteiger partial charge in [0.05, 0.1) is 13.1 Å². The molecule has 1 unspecified atom stereocenters. The molecule has 0 saturated carbocycles. The number of hydrogen-bond donors (Lipinski definition) is 1. The van der Waals surface area contributed by atoms with Gasteiger partial charge < -0.3 is 19.5 Å². The third-order valence-corrected chi connectivity index (χ3v) is 4.23. The normalized spacial score (nSPS) is 16.1. The maximum absolute atomic E-state index is 5.97. The van der Waals surface area contributed by atoms with Crippen LogP contribution in [0.5, 0.6) is 5.75 Å². The average molecular weight is 440 g/mol. The van der Waals surface area contributed by atoms with Crippen LogP contribution in [0, 0.1) is 0 Å². The van der Waals surface area contributed by atoms with Gasteiger partial charge in [-0.2, -0.15) is 0 Å². The summed E-state index contributed by atoms with van der Waals surface area (Å²) in [6.07, 6.45) is 3.16. The molecule has 130 valence electrons. The van der Waals surface area contributed by atoms with Gasteiger partial charge in [-0.05, 0) is 23.8 Å². The molecule has 1 N–H and O–H groups in total. The molecule has 1 aliphatic heterocycles. The van der Waals surface area contributed by atoms with E-state index >= 15 is 0 Å². The molecule has 1 aliphatic rings. The number of aryl methyl sites for hydroxylation is 1. The first-order chi connectivity index (χ1) is 11.2. The smallest absolute Gasteiger partial charge is 0.193 e. The first-order valence-corrected chi connectivity index (χ1v) is 7.94. The van der Waals surface area contributed by atoms with E-state index in [-0.39, 0.29) is 30.1 Å². The van der Waals surface area contributed by atoms with Crippen molar-refractivity contribution >= 4 is 29.9 Å². The molecule has 1 aromatic heterocycles. The summed E-state index contributed by atoms with van der Waals surface area (Å²) in [5, 5.41) is 3.42. The van der Waals surface area contributed by atoms with Gasteiger partial charge in [0.2, 0.25) is 0 Å². The van der Waals surface area contributed by atoms with Crippen LogP contribution < -0.4 is 10.1 Å². The number of hydrogen-bond acceptors (Lipinski definition) is 2. The van der Waals surface area contributed by atoms with Gasteiger partial charge in [-0.1, -0.05) is 18.2 Å². The zero-order chi connectivity index (χ0) is 16.2. The Morgan fingerprint density at radius 1 is 1.33 bits per heavy atom. The van der Waals surface area contributed by atoms with Crippen LogP contribution in [0.2, 0.25) is 0 Å². The lowest BCUT2D eigenvalue weighted by Crippen LogP contribution is -2.43. The van der Waals surface area contributed by atoms with Crippen LogP contribution in [0.15, 0.2) is 47.6 Å². The lowest BCUT2D eigenvalue weighted by Gasteiger charge is -2.23. The summed E-state index contributed by atoms with van der Waals surface area (Å²) in [4.78, 5) is 6.50. The molecule has 0 amide bonds. The molecule has 2 heterocycles. The minimum Gasteiger partial charge on any atom is -0.488 e. The number of benzene rings is 1. The van der Waals surface area contributed by atoms with Crippen molar-refractivity contribution in [3.63, 3.8) is 0 Å². The van der Waals surface area contributed by atoms with Crippen LogP contribution in [-0.2, 0) is 20.0 Å². The maximum atomic E-state index is 5.97. The number of rotatable bonds is 4. The van der Waals surface area contributed by atoms with E-state index in [4.69, 9.17) is 4.74 Å². The predicted molar refractivity (Wildman–Crippen MR) is 108 cm³/mol. The van der Waals surface area contributed by atoms with Crippen molar-refractivity contribution in [2.45, 2.75) is 19.1 Å². The van der Waals surface area contributed by atoms with Crippen molar-refractivity contribution in [1.82, 2.24) is 14.8 Å².